The maximum absolute atomic E-state index is 12.9. The average Bonchev–Trinajstić information content (AvgIpc) is 3.03. The first kappa shape index (κ1) is 14.3. The zero-order valence-corrected chi connectivity index (χ0v) is 13.5. The van der Waals surface area contributed by atoms with Crippen LogP contribution in [-0.4, -0.2) is 32.5 Å². The molecule has 0 unspecified atom stereocenters. The second-order valence-electron chi connectivity index (χ2n) is 5.62. The fraction of sp³-hybridized carbons (Fsp3) is 0.533. The summed E-state index contributed by atoms with van der Waals surface area (Å²) in [6.45, 7) is 6.70. The molecule has 0 radical (unpaired) electrons. The Kier molecular flexibility index (Phi) is 3.80. The number of carbonyl (C=O) groups excluding carboxylic acids is 1. The van der Waals surface area contributed by atoms with Crippen LogP contribution in [0.25, 0.3) is 0 Å². The maximum atomic E-state index is 12.9. The van der Waals surface area contributed by atoms with Crippen LogP contribution in [0.1, 0.15) is 56.9 Å². The van der Waals surface area contributed by atoms with Gasteiger partial charge in [-0.2, -0.15) is 5.10 Å². The summed E-state index contributed by atoms with van der Waals surface area (Å²) in [6, 6.07) is 0.107. The lowest BCUT2D eigenvalue weighted by molar-refractivity contribution is 0.0609. The number of hydrogen-bond donors (Lipinski definition) is 1. The van der Waals surface area contributed by atoms with Crippen LogP contribution in [0, 0.1) is 20.8 Å². The topological polar surface area (TPSA) is 61.9 Å². The molecule has 1 aliphatic rings. The van der Waals surface area contributed by atoms with E-state index in [-0.39, 0.29) is 11.9 Å². The highest BCUT2D eigenvalue weighted by Gasteiger charge is 2.32. The number of aromatic amines is 1. The Balaban J connectivity index is 1.93. The van der Waals surface area contributed by atoms with Crippen LogP contribution in [0.3, 0.4) is 0 Å². The predicted molar refractivity (Wildman–Crippen MR) is 82.5 cm³/mol. The first-order valence-electron chi connectivity index (χ1n) is 7.33. The van der Waals surface area contributed by atoms with Gasteiger partial charge >= 0.3 is 0 Å². The molecule has 1 N–H and O–H groups in total. The van der Waals surface area contributed by atoms with E-state index >= 15 is 0 Å². The maximum Gasteiger partial charge on any atom is 0.266 e. The van der Waals surface area contributed by atoms with Crippen molar-refractivity contribution in [2.45, 2.75) is 46.1 Å². The van der Waals surface area contributed by atoms with Crippen molar-refractivity contribution in [3.8, 4) is 0 Å². The molecule has 0 aromatic carbocycles. The number of thiazole rings is 1. The SMILES string of the molecule is Cc1nc(C)c(C(=O)N2CCCC[C@@H]2c2[nH]ncc2C)s1. The van der Waals surface area contributed by atoms with Gasteiger partial charge in [0.15, 0.2) is 0 Å². The number of nitrogens with zero attached hydrogens (tertiary/aromatic N) is 3. The number of nitrogens with one attached hydrogen (secondary N) is 1. The van der Waals surface area contributed by atoms with Gasteiger partial charge in [0.25, 0.3) is 5.91 Å². The van der Waals surface area contributed by atoms with Crippen molar-refractivity contribution in [2.24, 2.45) is 0 Å². The first-order valence-corrected chi connectivity index (χ1v) is 8.14. The fourth-order valence-electron chi connectivity index (χ4n) is 3.03. The van der Waals surface area contributed by atoms with Gasteiger partial charge in [-0.25, -0.2) is 4.98 Å². The van der Waals surface area contributed by atoms with Crippen molar-refractivity contribution >= 4 is 17.2 Å². The van der Waals surface area contributed by atoms with Crippen molar-refractivity contribution in [1.82, 2.24) is 20.1 Å². The normalized spacial score (nSPS) is 19.0. The molecular formula is C15H20N4OS. The minimum absolute atomic E-state index is 0.107. The van der Waals surface area contributed by atoms with Crippen molar-refractivity contribution in [3.05, 3.63) is 33.0 Å². The van der Waals surface area contributed by atoms with Crippen molar-refractivity contribution in [2.75, 3.05) is 6.54 Å². The molecule has 0 bridgehead atoms. The largest absolute Gasteiger partial charge is 0.329 e. The summed E-state index contributed by atoms with van der Waals surface area (Å²) in [6.07, 6.45) is 5.03. The number of H-pyrrole nitrogens is 1. The Morgan fingerprint density at radius 1 is 1.38 bits per heavy atom. The molecule has 112 valence electrons. The third-order valence-electron chi connectivity index (χ3n) is 4.06. The monoisotopic (exact) mass is 304 g/mol. The summed E-state index contributed by atoms with van der Waals surface area (Å²) in [4.78, 5) is 20.1. The quantitative estimate of drug-likeness (QED) is 0.927. The molecule has 1 atom stereocenters. The first-order chi connectivity index (χ1) is 10.1. The van der Waals surface area contributed by atoms with E-state index < -0.39 is 0 Å². The predicted octanol–water partition coefficient (Wildman–Crippen LogP) is 3.16. The summed E-state index contributed by atoms with van der Waals surface area (Å²) in [5.41, 5.74) is 3.03. The van der Waals surface area contributed by atoms with Crippen LogP contribution < -0.4 is 0 Å². The average molecular weight is 304 g/mol. The van der Waals surface area contributed by atoms with Gasteiger partial charge in [0.05, 0.1) is 28.6 Å². The van der Waals surface area contributed by atoms with Crippen LogP contribution in [0.4, 0.5) is 0 Å². The highest BCUT2D eigenvalue weighted by molar-refractivity contribution is 7.13. The number of rotatable bonds is 2. The Labute approximate surface area is 128 Å². The van der Waals surface area contributed by atoms with E-state index in [9.17, 15) is 4.79 Å². The van der Waals surface area contributed by atoms with Gasteiger partial charge in [-0.05, 0) is 45.6 Å². The molecule has 2 aromatic rings. The smallest absolute Gasteiger partial charge is 0.266 e. The number of amides is 1. The minimum Gasteiger partial charge on any atom is -0.329 e. The van der Waals surface area contributed by atoms with E-state index in [1.165, 1.54) is 11.3 Å². The van der Waals surface area contributed by atoms with Crippen LogP contribution in [0.2, 0.25) is 0 Å². The molecule has 2 aromatic heterocycles. The number of aromatic nitrogens is 3. The third-order valence-corrected chi connectivity index (χ3v) is 5.12. The number of aryl methyl sites for hydroxylation is 3. The summed E-state index contributed by atoms with van der Waals surface area (Å²) < 4.78 is 0. The molecule has 21 heavy (non-hydrogen) atoms. The molecule has 1 saturated heterocycles. The molecule has 0 spiro atoms. The van der Waals surface area contributed by atoms with E-state index in [0.29, 0.717) is 0 Å². The molecular weight excluding hydrogens is 284 g/mol. The molecule has 3 rings (SSSR count). The molecule has 3 heterocycles. The zero-order chi connectivity index (χ0) is 15.0. The van der Waals surface area contributed by atoms with Gasteiger partial charge in [0.2, 0.25) is 0 Å². The standard InChI is InChI=1S/C15H20N4OS/c1-9-8-16-18-13(9)12-6-4-5-7-19(12)15(20)14-10(2)17-11(3)21-14/h8,12H,4-7H2,1-3H3,(H,16,18)/t12-/m1/s1. The number of likely N-dealkylation sites (tertiary alicyclic amines) is 1. The molecule has 1 fully saturated rings. The highest BCUT2D eigenvalue weighted by Crippen LogP contribution is 2.33. The summed E-state index contributed by atoms with van der Waals surface area (Å²) in [5, 5.41) is 8.13. The van der Waals surface area contributed by atoms with Crippen molar-refractivity contribution in [3.63, 3.8) is 0 Å². The lowest BCUT2D eigenvalue weighted by Gasteiger charge is -2.35. The van der Waals surface area contributed by atoms with Crippen LogP contribution in [0.5, 0.6) is 0 Å². The summed E-state index contributed by atoms with van der Waals surface area (Å²) in [7, 11) is 0. The molecule has 5 nitrogen and oxygen atoms in total. The van der Waals surface area contributed by atoms with Gasteiger partial charge in [0, 0.05) is 6.54 Å². The molecule has 0 aliphatic carbocycles. The van der Waals surface area contributed by atoms with Gasteiger partial charge in [-0.1, -0.05) is 0 Å². The van der Waals surface area contributed by atoms with Gasteiger partial charge in [-0.3, -0.25) is 9.89 Å². The number of hydrogen-bond acceptors (Lipinski definition) is 4. The van der Waals surface area contributed by atoms with E-state index in [1.54, 1.807) is 0 Å². The minimum atomic E-state index is 0.107. The summed E-state index contributed by atoms with van der Waals surface area (Å²) >= 11 is 1.49. The number of piperidine rings is 1. The third kappa shape index (κ3) is 2.60. The molecule has 1 aliphatic heterocycles. The Morgan fingerprint density at radius 3 is 2.81 bits per heavy atom. The van der Waals surface area contributed by atoms with Crippen molar-refractivity contribution < 1.29 is 4.79 Å². The lowest BCUT2D eigenvalue weighted by atomic mass is 9.97. The summed E-state index contributed by atoms with van der Waals surface area (Å²) in [5.74, 6) is 0.108. The van der Waals surface area contributed by atoms with E-state index in [1.807, 2.05) is 31.9 Å². The van der Waals surface area contributed by atoms with Crippen LogP contribution in [0.15, 0.2) is 6.20 Å². The molecule has 6 heteroatoms. The lowest BCUT2D eigenvalue weighted by Crippen LogP contribution is -2.38. The second kappa shape index (κ2) is 5.60. The molecule has 1 amide bonds. The van der Waals surface area contributed by atoms with Gasteiger partial charge in [0.1, 0.15) is 4.88 Å². The Bertz CT molecular complexity index is 660. The van der Waals surface area contributed by atoms with E-state index in [2.05, 4.69) is 15.2 Å². The molecule has 0 saturated carbocycles. The number of carbonyl (C=O) groups is 1. The van der Waals surface area contributed by atoms with Gasteiger partial charge in [-0.15, -0.1) is 11.3 Å². The van der Waals surface area contributed by atoms with Crippen molar-refractivity contribution in [1.29, 1.82) is 0 Å². The fourth-order valence-corrected chi connectivity index (χ4v) is 3.90. The van der Waals surface area contributed by atoms with E-state index in [4.69, 9.17) is 0 Å². The Hall–Kier alpha value is -1.69. The van der Waals surface area contributed by atoms with Crippen LogP contribution in [-0.2, 0) is 0 Å². The van der Waals surface area contributed by atoms with Gasteiger partial charge < -0.3 is 4.90 Å². The zero-order valence-electron chi connectivity index (χ0n) is 12.6. The van der Waals surface area contributed by atoms with E-state index in [0.717, 1.165) is 52.6 Å². The van der Waals surface area contributed by atoms with Crippen LogP contribution >= 0.6 is 11.3 Å². The Morgan fingerprint density at radius 2 is 2.19 bits per heavy atom. The highest BCUT2D eigenvalue weighted by atomic mass is 32.1. The second-order valence-corrected chi connectivity index (χ2v) is 6.83.